The third kappa shape index (κ3) is 3.89. The monoisotopic (exact) mass is 420 g/mol. The summed E-state index contributed by atoms with van der Waals surface area (Å²) in [4.78, 5) is 14.2. The van der Waals surface area contributed by atoms with Gasteiger partial charge in [-0.2, -0.15) is 5.26 Å². The SMILES string of the molecule is N#C[C@H]1CCCN1C(=O)CNC12CCCC(NS(=O)(=O)c3ccc(F)cc3)(C1)C2. The highest BCUT2D eigenvalue weighted by Crippen LogP contribution is 2.52. The Morgan fingerprint density at radius 3 is 2.59 bits per heavy atom. The molecule has 4 aliphatic rings. The van der Waals surface area contributed by atoms with Gasteiger partial charge in [-0.1, -0.05) is 0 Å². The van der Waals surface area contributed by atoms with Crippen LogP contribution in [0.2, 0.25) is 0 Å². The van der Waals surface area contributed by atoms with Crippen LogP contribution in [0.3, 0.4) is 0 Å². The van der Waals surface area contributed by atoms with Gasteiger partial charge in [0.15, 0.2) is 0 Å². The van der Waals surface area contributed by atoms with Crippen LogP contribution < -0.4 is 10.0 Å². The molecule has 5 rings (SSSR count). The molecule has 3 aliphatic carbocycles. The molecular formula is C20H25FN4O3S. The van der Waals surface area contributed by atoms with Crippen LogP contribution in [0.25, 0.3) is 0 Å². The number of fused-ring (bicyclic) bond motifs is 2. The molecule has 1 saturated heterocycles. The summed E-state index contributed by atoms with van der Waals surface area (Å²) in [6.45, 7) is 0.784. The molecule has 3 saturated carbocycles. The number of hydrogen-bond donors (Lipinski definition) is 2. The molecule has 29 heavy (non-hydrogen) atoms. The minimum Gasteiger partial charge on any atom is -0.326 e. The maximum Gasteiger partial charge on any atom is 0.241 e. The zero-order valence-corrected chi connectivity index (χ0v) is 17.0. The van der Waals surface area contributed by atoms with Crippen molar-refractivity contribution in [3.63, 3.8) is 0 Å². The Morgan fingerprint density at radius 1 is 1.21 bits per heavy atom. The molecule has 2 N–H and O–H groups in total. The second-order valence-electron chi connectivity index (χ2n) is 8.55. The number of carbonyl (C=O) groups is 1. The van der Waals surface area contributed by atoms with Crippen LogP contribution in [0.4, 0.5) is 4.39 Å². The second kappa shape index (κ2) is 7.35. The summed E-state index contributed by atoms with van der Waals surface area (Å²) in [5.41, 5.74) is -0.772. The first-order valence-electron chi connectivity index (χ1n) is 10.0. The molecule has 4 fully saturated rings. The zero-order chi connectivity index (χ0) is 20.7. The Hall–Kier alpha value is -2.02. The first-order chi connectivity index (χ1) is 13.8. The Kier molecular flexibility index (Phi) is 5.13. The average Bonchev–Trinajstić information content (AvgIpc) is 3.14. The summed E-state index contributed by atoms with van der Waals surface area (Å²) in [6.07, 6.45) is 5.31. The summed E-state index contributed by atoms with van der Waals surface area (Å²) < 4.78 is 41.4. The van der Waals surface area contributed by atoms with Crippen molar-refractivity contribution in [2.45, 2.75) is 67.0 Å². The van der Waals surface area contributed by atoms with Crippen molar-refractivity contribution in [3.05, 3.63) is 30.1 Å². The number of nitrogens with zero attached hydrogens (tertiary/aromatic N) is 2. The number of rotatable bonds is 6. The van der Waals surface area contributed by atoms with E-state index in [1.54, 1.807) is 4.90 Å². The third-order valence-corrected chi connectivity index (χ3v) is 8.07. The lowest BCUT2D eigenvalue weighted by atomic mass is 9.55. The van der Waals surface area contributed by atoms with Crippen molar-refractivity contribution < 1.29 is 17.6 Å². The van der Waals surface area contributed by atoms with Gasteiger partial charge in [0.25, 0.3) is 0 Å². The van der Waals surface area contributed by atoms with Gasteiger partial charge in [-0.05, 0) is 69.2 Å². The third-order valence-electron chi connectivity index (χ3n) is 6.48. The molecule has 1 aromatic rings. The average molecular weight is 421 g/mol. The van der Waals surface area contributed by atoms with Crippen LogP contribution in [-0.2, 0) is 14.8 Å². The standard InChI is InChI=1S/C20H25FN4O3S/c21-15-4-6-17(7-5-15)29(27,28)24-20-9-2-8-19(13-20,14-20)23-12-18(26)25-10-1-3-16(25)11-22/h4-7,16,23-24H,1-3,8-10,12-14H2/t16-,19?,20?/m1/s1. The lowest BCUT2D eigenvalue weighted by Gasteiger charge is -2.61. The number of hydrogen-bond acceptors (Lipinski definition) is 5. The van der Waals surface area contributed by atoms with E-state index in [-0.39, 0.29) is 28.9 Å². The van der Waals surface area contributed by atoms with Crippen molar-refractivity contribution in [2.75, 3.05) is 13.1 Å². The van der Waals surface area contributed by atoms with E-state index in [4.69, 9.17) is 5.26 Å². The molecular weight excluding hydrogens is 395 g/mol. The van der Waals surface area contributed by atoms with Crippen LogP contribution in [0.15, 0.2) is 29.2 Å². The molecule has 156 valence electrons. The van der Waals surface area contributed by atoms with Crippen LogP contribution in [0.1, 0.15) is 44.9 Å². The molecule has 0 unspecified atom stereocenters. The molecule has 1 aromatic carbocycles. The largest absolute Gasteiger partial charge is 0.326 e. The van der Waals surface area contributed by atoms with E-state index >= 15 is 0 Å². The number of benzene rings is 1. The molecule has 2 bridgehead atoms. The van der Waals surface area contributed by atoms with Gasteiger partial charge in [0.2, 0.25) is 15.9 Å². The van der Waals surface area contributed by atoms with Gasteiger partial charge in [-0.3, -0.25) is 4.79 Å². The summed E-state index contributed by atoms with van der Waals surface area (Å²) >= 11 is 0. The normalized spacial score (nSPS) is 31.2. The molecule has 1 amide bonds. The molecule has 1 heterocycles. The van der Waals surface area contributed by atoms with E-state index < -0.39 is 21.4 Å². The molecule has 1 aliphatic heterocycles. The predicted octanol–water partition coefficient (Wildman–Crippen LogP) is 1.66. The molecule has 7 nitrogen and oxygen atoms in total. The Balaban J connectivity index is 1.37. The minimum absolute atomic E-state index is 0.0519. The molecule has 0 aromatic heterocycles. The molecule has 0 spiro atoms. The van der Waals surface area contributed by atoms with Gasteiger partial charge >= 0.3 is 0 Å². The first kappa shape index (κ1) is 20.3. The van der Waals surface area contributed by atoms with Crippen molar-refractivity contribution in [1.29, 1.82) is 5.26 Å². The molecule has 9 heteroatoms. The smallest absolute Gasteiger partial charge is 0.241 e. The van der Waals surface area contributed by atoms with Crippen molar-refractivity contribution in [2.24, 2.45) is 0 Å². The predicted molar refractivity (Wildman–Crippen MR) is 104 cm³/mol. The lowest BCUT2D eigenvalue weighted by molar-refractivity contribution is -0.131. The van der Waals surface area contributed by atoms with Gasteiger partial charge < -0.3 is 10.2 Å². The minimum atomic E-state index is -3.73. The summed E-state index contributed by atoms with van der Waals surface area (Å²) in [5.74, 6) is -0.550. The fourth-order valence-corrected chi connectivity index (χ4v) is 6.65. The van der Waals surface area contributed by atoms with E-state index in [0.29, 0.717) is 19.4 Å². The maximum absolute atomic E-state index is 13.1. The van der Waals surface area contributed by atoms with Gasteiger partial charge in [0.05, 0.1) is 17.5 Å². The summed E-state index contributed by atoms with van der Waals surface area (Å²) in [5, 5.41) is 12.5. The fourth-order valence-electron chi connectivity index (χ4n) is 5.22. The van der Waals surface area contributed by atoms with Gasteiger partial charge in [-0.15, -0.1) is 0 Å². The van der Waals surface area contributed by atoms with Crippen molar-refractivity contribution >= 4 is 15.9 Å². The van der Waals surface area contributed by atoms with E-state index in [2.05, 4.69) is 16.1 Å². The first-order valence-corrected chi connectivity index (χ1v) is 11.5. The van der Waals surface area contributed by atoms with Crippen LogP contribution in [-0.4, -0.2) is 49.4 Å². The van der Waals surface area contributed by atoms with Gasteiger partial charge in [0, 0.05) is 17.6 Å². The number of amides is 1. The van der Waals surface area contributed by atoms with Gasteiger partial charge in [0.1, 0.15) is 11.9 Å². The number of halogens is 1. The zero-order valence-electron chi connectivity index (χ0n) is 16.2. The highest BCUT2D eigenvalue weighted by molar-refractivity contribution is 7.89. The second-order valence-corrected chi connectivity index (χ2v) is 10.2. The Morgan fingerprint density at radius 2 is 1.90 bits per heavy atom. The quantitative estimate of drug-likeness (QED) is 0.729. The lowest BCUT2D eigenvalue weighted by Crippen LogP contribution is -2.73. The fraction of sp³-hybridized carbons (Fsp3) is 0.600. The van der Waals surface area contributed by atoms with Crippen LogP contribution >= 0.6 is 0 Å². The van der Waals surface area contributed by atoms with Gasteiger partial charge in [-0.25, -0.2) is 17.5 Å². The van der Waals surface area contributed by atoms with Crippen LogP contribution in [0, 0.1) is 17.1 Å². The highest BCUT2D eigenvalue weighted by Gasteiger charge is 2.58. The number of likely N-dealkylation sites (tertiary alicyclic amines) is 1. The maximum atomic E-state index is 13.1. The highest BCUT2D eigenvalue weighted by atomic mass is 32.2. The number of sulfonamides is 1. The molecule has 1 atom stereocenters. The van der Waals surface area contributed by atoms with Crippen molar-refractivity contribution in [1.82, 2.24) is 14.9 Å². The Labute approximate surface area is 170 Å². The number of nitrogens with one attached hydrogen (secondary N) is 2. The van der Waals surface area contributed by atoms with Crippen molar-refractivity contribution in [3.8, 4) is 6.07 Å². The van der Waals surface area contributed by atoms with E-state index in [0.717, 1.165) is 44.2 Å². The van der Waals surface area contributed by atoms with E-state index in [9.17, 15) is 17.6 Å². The number of carbonyl (C=O) groups excluding carboxylic acids is 1. The van der Waals surface area contributed by atoms with Crippen LogP contribution in [0.5, 0.6) is 0 Å². The topological polar surface area (TPSA) is 102 Å². The van der Waals surface area contributed by atoms with E-state index in [1.807, 2.05) is 0 Å². The van der Waals surface area contributed by atoms with E-state index in [1.165, 1.54) is 12.1 Å². The Bertz CT molecular complexity index is 935. The summed E-state index contributed by atoms with van der Waals surface area (Å²) in [7, 11) is -3.73. The number of nitriles is 1. The summed E-state index contributed by atoms with van der Waals surface area (Å²) in [6, 6.07) is 6.65. The molecule has 0 radical (unpaired) electrons.